The van der Waals surface area contributed by atoms with Crippen molar-refractivity contribution in [3.05, 3.63) is 65.2 Å². The van der Waals surface area contributed by atoms with Gasteiger partial charge in [-0.05, 0) is 36.6 Å². The normalized spacial score (nSPS) is 12.5. The maximum atomic E-state index is 11.8. The molecule has 0 unspecified atom stereocenters. The van der Waals surface area contributed by atoms with Crippen molar-refractivity contribution in [2.75, 3.05) is 11.4 Å². The van der Waals surface area contributed by atoms with Gasteiger partial charge in [0.15, 0.2) is 0 Å². The van der Waals surface area contributed by atoms with Gasteiger partial charge in [0.1, 0.15) is 5.78 Å². The lowest BCUT2D eigenvalue weighted by molar-refractivity contribution is -0.122. The quantitative estimate of drug-likeness (QED) is 0.560. The number of unbranched alkanes of at least 4 members (excludes halogenated alkanes) is 1. The third-order valence-electron chi connectivity index (χ3n) is 4.70. The first-order valence-corrected chi connectivity index (χ1v) is 9.12. The molecule has 128 valence electrons. The number of para-hydroxylation sites is 1. The Balaban J connectivity index is 1.77. The van der Waals surface area contributed by atoms with Gasteiger partial charge >= 0.3 is 0 Å². The molecule has 2 aromatic rings. The molecule has 0 radical (unpaired) electrons. The molecular formula is C23H25NO. The summed E-state index contributed by atoms with van der Waals surface area (Å²) in [7, 11) is 0. The Hall–Kier alpha value is -2.53. The first-order chi connectivity index (χ1) is 12.1. The van der Waals surface area contributed by atoms with Crippen molar-refractivity contribution in [2.24, 2.45) is 5.92 Å². The molecule has 2 heteroatoms. The second kappa shape index (κ2) is 8.03. The van der Waals surface area contributed by atoms with E-state index in [1.165, 1.54) is 11.3 Å². The number of nitrogens with zero attached hydrogens (tertiary/aromatic N) is 1. The van der Waals surface area contributed by atoms with Crippen LogP contribution in [0.5, 0.6) is 0 Å². The van der Waals surface area contributed by atoms with E-state index in [-0.39, 0.29) is 5.92 Å². The number of anilines is 1. The minimum Gasteiger partial charge on any atom is -0.366 e. The molecule has 0 spiro atoms. The predicted molar refractivity (Wildman–Crippen MR) is 104 cm³/mol. The fourth-order valence-corrected chi connectivity index (χ4v) is 3.15. The van der Waals surface area contributed by atoms with E-state index in [0.717, 1.165) is 37.1 Å². The van der Waals surface area contributed by atoms with Gasteiger partial charge in [-0.3, -0.25) is 4.79 Å². The average Bonchev–Trinajstić information content (AvgIpc) is 2.61. The molecule has 0 aliphatic carbocycles. The first kappa shape index (κ1) is 17.3. The molecule has 2 aromatic carbocycles. The van der Waals surface area contributed by atoms with Gasteiger partial charge < -0.3 is 4.90 Å². The molecule has 0 amide bonds. The van der Waals surface area contributed by atoms with Crippen molar-refractivity contribution in [1.29, 1.82) is 0 Å². The first-order valence-electron chi connectivity index (χ1n) is 9.12. The highest BCUT2D eigenvalue weighted by Crippen LogP contribution is 2.25. The zero-order valence-electron chi connectivity index (χ0n) is 15.1. The van der Waals surface area contributed by atoms with Crippen LogP contribution in [0.25, 0.3) is 0 Å². The minimum absolute atomic E-state index is 0.143. The van der Waals surface area contributed by atoms with E-state index in [4.69, 9.17) is 0 Å². The largest absolute Gasteiger partial charge is 0.366 e. The molecule has 2 nitrogen and oxygen atoms in total. The number of benzene rings is 2. The molecule has 0 saturated carbocycles. The number of Topliss-reactive ketones (excluding diaryl/α,β-unsaturated/α-hetero) is 1. The fourth-order valence-electron chi connectivity index (χ4n) is 3.15. The highest BCUT2D eigenvalue weighted by Gasteiger charge is 2.15. The zero-order valence-corrected chi connectivity index (χ0v) is 15.1. The van der Waals surface area contributed by atoms with Crippen LogP contribution in [0.1, 0.15) is 49.8 Å². The minimum atomic E-state index is 0.143. The molecule has 25 heavy (non-hydrogen) atoms. The lowest BCUT2D eigenvalue weighted by atomic mass is 10.0. The van der Waals surface area contributed by atoms with Crippen LogP contribution in [0.15, 0.2) is 48.5 Å². The van der Waals surface area contributed by atoms with Crippen LogP contribution in [-0.4, -0.2) is 12.3 Å². The van der Waals surface area contributed by atoms with Crippen LogP contribution in [0.3, 0.4) is 0 Å². The van der Waals surface area contributed by atoms with Gasteiger partial charge in [0, 0.05) is 36.6 Å². The summed E-state index contributed by atoms with van der Waals surface area (Å²) in [5.74, 6) is 7.15. The Labute approximate surface area is 150 Å². The SMILES string of the molecule is CC(C)C(=O)CCCCN1Cc2ccccc2C#Cc2ccccc21. The Morgan fingerprint density at radius 2 is 1.68 bits per heavy atom. The molecular weight excluding hydrogens is 306 g/mol. The van der Waals surface area contributed by atoms with Crippen LogP contribution in [-0.2, 0) is 11.3 Å². The second-order valence-electron chi connectivity index (χ2n) is 6.92. The van der Waals surface area contributed by atoms with Gasteiger partial charge in [0.2, 0.25) is 0 Å². The summed E-state index contributed by atoms with van der Waals surface area (Å²) in [4.78, 5) is 14.2. The number of carbonyl (C=O) groups is 1. The molecule has 0 aromatic heterocycles. The molecule has 0 saturated heterocycles. The van der Waals surface area contributed by atoms with Gasteiger partial charge in [-0.2, -0.15) is 0 Å². The summed E-state index contributed by atoms with van der Waals surface area (Å²) in [6, 6.07) is 16.7. The summed E-state index contributed by atoms with van der Waals surface area (Å²) in [5.41, 5.74) is 4.65. The smallest absolute Gasteiger partial charge is 0.135 e. The summed E-state index contributed by atoms with van der Waals surface area (Å²) >= 11 is 0. The van der Waals surface area contributed by atoms with Crippen LogP contribution < -0.4 is 4.90 Å². The van der Waals surface area contributed by atoms with Gasteiger partial charge in [0.25, 0.3) is 0 Å². The fraction of sp³-hybridized carbons (Fsp3) is 0.348. The third-order valence-corrected chi connectivity index (χ3v) is 4.70. The van der Waals surface area contributed by atoms with Crippen LogP contribution in [0, 0.1) is 17.8 Å². The van der Waals surface area contributed by atoms with Crippen molar-refractivity contribution in [1.82, 2.24) is 0 Å². The number of carbonyl (C=O) groups excluding carboxylic acids is 1. The Morgan fingerprint density at radius 1 is 1.00 bits per heavy atom. The summed E-state index contributed by atoms with van der Waals surface area (Å²) in [6.45, 7) is 5.76. The summed E-state index contributed by atoms with van der Waals surface area (Å²) in [6.07, 6.45) is 2.65. The van der Waals surface area contributed by atoms with Gasteiger partial charge in [-0.25, -0.2) is 0 Å². The lowest BCUT2D eigenvalue weighted by Crippen LogP contribution is -2.26. The topological polar surface area (TPSA) is 20.3 Å². The van der Waals surface area contributed by atoms with Crippen molar-refractivity contribution >= 4 is 11.5 Å². The van der Waals surface area contributed by atoms with Crippen LogP contribution in [0.2, 0.25) is 0 Å². The summed E-state index contributed by atoms with van der Waals surface area (Å²) in [5, 5.41) is 0. The highest BCUT2D eigenvalue weighted by molar-refractivity contribution is 5.80. The molecule has 0 N–H and O–H groups in total. The number of rotatable bonds is 6. The van der Waals surface area contributed by atoms with E-state index in [1.807, 2.05) is 26.0 Å². The van der Waals surface area contributed by atoms with E-state index in [0.29, 0.717) is 12.2 Å². The maximum Gasteiger partial charge on any atom is 0.135 e. The maximum absolute atomic E-state index is 11.8. The van der Waals surface area contributed by atoms with E-state index in [9.17, 15) is 4.79 Å². The van der Waals surface area contributed by atoms with Crippen molar-refractivity contribution in [2.45, 2.75) is 39.7 Å². The van der Waals surface area contributed by atoms with Crippen LogP contribution in [0.4, 0.5) is 5.69 Å². The van der Waals surface area contributed by atoms with E-state index < -0.39 is 0 Å². The monoisotopic (exact) mass is 331 g/mol. The third kappa shape index (κ3) is 4.31. The molecule has 0 atom stereocenters. The standard InChI is InChI=1S/C23H25NO/c1-18(2)23(25)13-7-8-16-24-17-21-11-4-3-9-19(21)14-15-20-10-5-6-12-22(20)24/h3-6,9-12,18H,7-8,13,16-17H2,1-2H3. The van der Waals surface area contributed by atoms with Crippen molar-refractivity contribution < 1.29 is 4.79 Å². The number of hydrogen-bond donors (Lipinski definition) is 0. The molecule has 0 fully saturated rings. The second-order valence-corrected chi connectivity index (χ2v) is 6.92. The number of hydrogen-bond acceptors (Lipinski definition) is 2. The van der Waals surface area contributed by atoms with Gasteiger partial charge in [0.05, 0.1) is 5.69 Å². The van der Waals surface area contributed by atoms with Crippen LogP contribution >= 0.6 is 0 Å². The number of fused-ring (bicyclic) bond motifs is 2. The Kier molecular flexibility index (Phi) is 5.56. The summed E-state index contributed by atoms with van der Waals surface area (Å²) < 4.78 is 0. The molecule has 0 bridgehead atoms. The van der Waals surface area contributed by atoms with E-state index in [1.54, 1.807) is 0 Å². The Morgan fingerprint density at radius 3 is 2.48 bits per heavy atom. The molecule has 3 rings (SSSR count). The Bertz CT molecular complexity index is 810. The zero-order chi connectivity index (χ0) is 17.6. The van der Waals surface area contributed by atoms with Crippen molar-refractivity contribution in [3.63, 3.8) is 0 Å². The molecule has 1 heterocycles. The van der Waals surface area contributed by atoms with Gasteiger partial charge in [-0.1, -0.05) is 56.0 Å². The lowest BCUT2D eigenvalue weighted by Gasteiger charge is -2.27. The molecule has 1 aliphatic rings. The van der Waals surface area contributed by atoms with Crippen molar-refractivity contribution in [3.8, 4) is 11.8 Å². The van der Waals surface area contributed by atoms with E-state index in [2.05, 4.69) is 53.1 Å². The predicted octanol–water partition coefficient (Wildman–Crippen LogP) is 4.80. The van der Waals surface area contributed by atoms with E-state index >= 15 is 0 Å². The highest BCUT2D eigenvalue weighted by atomic mass is 16.1. The van der Waals surface area contributed by atoms with Gasteiger partial charge in [-0.15, -0.1) is 0 Å². The molecule has 1 aliphatic heterocycles. The average molecular weight is 331 g/mol. The number of ketones is 1.